The molecule has 5 N–H and O–H groups in total. The van der Waals surface area contributed by atoms with E-state index >= 15 is 0 Å². The van der Waals surface area contributed by atoms with E-state index in [1.807, 2.05) is 0 Å². The van der Waals surface area contributed by atoms with E-state index < -0.39 is 31.1 Å². The molecule has 0 aromatic carbocycles. The van der Waals surface area contributed by atoms with Crippen LogP contribution in [0.15, 0.2) is 0 Å². The molecule has 1 rings (SSSR count). The number of aliphatic hydroxyl groups excluding tert-OH is 3. The molecule has 1 unspecified atom stereocenters. The molecule has 1 fully saturated rings. The highest BCUT2D eigenvalue weighted by atomic mass is 16.6. The van der Waals surface area contributed by atoms with Gasteiger partial charge < -0.3 is 25.3 Å². The second-order valence-corrected chi connectivity index (χ2v) is 2.39. The first-order valence-electron chi connectivity index (χ1n) is 3.22. The molecule has 11 heavy (non-hydrogen) atoms. The van der Waals surface area contributed by atoms with E-state index in [0.717, 1.165) is 0 Å². The minimum atomic E-state index is -1.21. The summed E-state index contributed by atoms with van der Waals surface area (Å²) in [6.45, 7) is -0.392. The lowest BCUT2D eigenvalue weighted by Crippen LogP contribution is -2.39. The van der Waals surface area contributed by atoms with Gasteiger partial charge in [0.2, 0.25) is 0 Å². The van der Waals surface area contributed by atoms with E-state index in [0.29, 0.717) is 0 Å². The number of hydrogen-bond acceptors (Lipinski definition) is 6. The highest BCUT2D eigenvalue weighted by molar-refractivity contribution is 4.87. The van der Waals surface area contributed by atoms with E-state index in [1.165, 1.54) is 0 Å². The van der Waals surface area contributed by atoms with Crippen molar-refractivity contribution in [3.63, 3.8) is 0 Å². The van der Waals surface area contributed by atoms with Gasteiger partial charge in [-0.05, 0) is 0 Å². The second kappa shape index (κ2) is 3.44. The monoisotopic (exact) mass is 165 g/mol. The minimum Gasteiger partial charge on any atom is -0.394 e. The van der Waals surface area contributed by atoms with Crippen molar-refractivity contribution in [2.45, 2.75) is 24.5 Å². The standard InChI is InChI=1S/C5H11NO5/c7-1-2-3(8)4(9)5(6-10)11-2/h2-10H,1H2/t2-,3-,4+,5?/m0/s1. The van der Waals surface area contributed by atoms with Gasteiger partial charge in [0.15, 0.2) is 6.23 Å². The summed E-state index contributed by atoms with van der Waals surface area (Å²) in [7, 11) is 0. The van der Waals surface area contributed by atoms with Crippen LogP contribution >= 0.6 is 0 Å². The van der Waals surface area contributed by atoms with E-state index in [-0.39, 0.29) is 0 Å². The summed E-state index contributed by atoms with van der Waals surface area (Å²) in [6, 6.07) is 0. The normalized spacial score (nSPS) is 44.7. The van der Waals surface area contributed by atoms with Gasteiger partial charge in [0.05, 0.1) is 6.61 Å². The molecule has 1 saturated heterocycles. The van der Waals surface area contributed by atoms with Gasteiger partial charge in [-0.25, -0.2) is 0 Å². The summed E-state index contributed by atoms with van der Waals surface area (Å²) in [4.78, 5) is 0. The summed E-state index contributed by atoms with van der Waals surface area (Å²) in [5.41, 5.74) is 1.67. The second-order valence-electron chi connectivity index (χ2n) is 2.39. The third kappa shape index (κ3) is 1.51. The van der Waals surface area contributed by atoms with Crippen LogP contribution in [-0.4, -0.2) is 51.7 Å². The number of hydrogen-bond donors (Lipinski definition) is 5. The van der Waals surface area contributed by atoms with E-state index in [4.69, 9.17) is 25.3 Å². The molecule has 0 bridgehead atoms. The number of ether oxygens (including phenoxy) is 1. The Morgan fingerprint density at radius 1 is 1.27 bits per heavy atom. The molecule has 0 amide bonds. The fourth-order valence-electron chi connectivity index (χ4n) is 1.01. The molecule has 66 valence electrons. The van der Waals surface area contributed by atoms with Crippen LogP contribution in [0.3, 0.4) is 0 Å². The maximum Gasteiger partial charge on any atom is 0.158 e. The number of aliphatic hydroxyl groups is 3. The van der Waals surface area contributed by atoms with Crippen LogP contribution < -0.4 is 5.48 Å². The van der Waals surface area contributed by atoms with Crippen molar-refractivity contribution in [3.05, 3.63) is 0 Å². The fraction of sp³-hybridized carbons (Fsp3) is 1.00. The van der Waals surface area contributed by atoms with Crippen molar-refractivity contribution in [3.8, 4) is 0 Å². The van der Waals surface area contributed by atoms with Gasteiger partial charge in [0.1, 0.15) is 18.3 Å². The molecule has 1 heterocycles. The molecule has 4 atom stereocenters. The minimum absolute atomic E-state index is 0.392. The Hall–Kier alpha value is -0.240. The Kier molecular flexibility index (Phi) is 2.77. The van der Waals surface area contributed by atoms with E-state index in [1.54, 1.807) is 5.48 Å². The molecule has 6 heteroatoms. The smallest absolute Gasteiger partial charge is 0.158 e. The van der Waals surface area contributed by atoms with Gasteiger partial charge in [0.25, 0.3) is 0 Å². The zero-order valence-electron chi connectivity index (χ0n) is 5.71. The van der Waals surface area contributed by atoms with E-state index in [9.17, 15) is 0 Å². The maximum absolute atomic E-state index is 9.07. The summed E-state index contributed by atoms with van der Waals surface area (Å²) in [5, 5.41) is 35.0. The van der Waals surface area contributed by atoms with Gasteiger partial charge in [-0.1, -0.05) is 0 Å². The number of rotatable bonds is 2. The quantitative estimate of drug-likeness (QED) is 0.288. The molecule has 1 aliphatic rings. The lowest BCUT2D eigenvalue weighted by molar-refractivity contribution is -0.0867. The highest BCUT2D eigenvalue weighted by Gasteiger charge is 2.41. The lowest BCUT2D eigenvalue weighted by Gasteiger charge is -2.11. The largest absolute Gasteiger partial charge is 0.394 e. The molecule has 0 spiro atoms. The van der Waals surface area contributed by atoms with Gasteiger partial charge in [-0.15, -0.1) is 0 Å². The van der Waals surface area contributed by atoms with Crippen LogP contribution in [0.5, 0.6) is 0 Å². The van der Waals surface area contributed by atoms with Crippen LogP contribution in [0.1, 0.15) is 0 Å². The van der Waals surface area contributed by atoms with Crippen LogP contribution in [-0.2, 0) is 4.74 Å². The van der Waals surface area contributed by atoms with Gasteiger partial charge in [-0.3, -0.25) is 0 Å². The molecule has 0 radical (unpaired) electrons. The van der Waals surface area contributed by atoms with Crippen LogP contribution in [0, 0.1) is 0 Å². The molecule has 0 aromatic rings. The van der Waals surface area contributed by atoms with Crippen molar-refractivity contribution < 1.29 is 25.3 Å². The van der Waals surface area contributed by atoms with Crippen molar-refractivity contribution in [2.24, 2.45) is 0 Å². The van der Waals surface area contributed by atoms with Crippen LogP contribution in [0.4, 0.5) is 0 Å². The average molecular weight is 165 g/mol. The van der Waals surface area contributed by atoms with Crippen molar-refractivity contribution in [2.75, 3.05) is 6.61 Å². The Labute approximate surface area is 63.0 Å². The molecule has 0 aromatic heterocycles. The lowest BCUT2D eigenvalue weighted by atomic mass is 10.1. The molecule has 0 aliphatic carbocycles. The topological polar surface area (TPSA) is 102 Å². The Balaban J connectivity index is 2.53. The first kappa shape index (κ1) is 8.85. The Morgan fingerprint density at radius 3 is 2.18 bits per heavy atom. The predicted octanol–water partition coefficient (Wildman–Crippen LogP) is -2.60. The number of nitrogens with one attached hydrogen (secondary N) is 1. The van der Waals surface area contributed by atoms with Crippen LogP contribution in [0.25, 0.3) is 0 Å². The maximum atomic E-state index is 9.07. The van der Waals surface area contributed by atoms with Gasteiger partial charge >= 0.3 is 0 Å². The third-order valence-electron chi connectivity index (χ3n) is 1.67. The highest BCUT2D eigenvalue weighted by Crippen LogP contribution is 2.18. The first-order chi connectivity index (χ1) is 5.20. The summed E-state index contributed by atoms with van der Waals surface area (Å²) in [5.74, 6) is 0. The van der Waals surface area contributed by atoms with Gasteiger partial charge in [-0.2, -0.15) is 5.48 Å². The molecular weight excluding hydrogens is 154 g/mol. The number of hydroxylamine groups is 1. The molecular formula is C5H11NO5. The predicted molar refractivity (Wildman–Crippen MR) is 32.7 cm³/mol. The Morgan fingerprint density at radius 2 is 1.91 bits per heavy atom. The molecule has 0 saturated carbocycles. The van der Waals surface area contributed by atoms with Gasteiger partial charge in [0, 0.05) is 0 Å². The summed E-state index contributed by atoms with van der Waals surface area (Å²) >= 11 is 0. The fourth-order valence-corrected chi connectivity index (χ4v) is 1.01. The first-order valence-corrected chi connectivity index (χ1v) is 3.22. The van der Waals surface area contributed by atoms with Crippen molar-refractivity contribution in [1.82, 2.24) is 5.48 Å². The van der Waals surface area contributed by atoms with Crippen molar-refractivity contribution >= 4 is 0 Å². The SMILES string of the molecule is OC[C@@H]1OC(NO)[C@H](O)[C@H]1O. The van der Waals surface area contributed by atoms with Crippen molar-refractivity contribution in [1.29, 1.82) is 0 Å². The summed E-state index contributed by atoms with van der Waals surface area (Å²) < 4.78 is 4.77. The van der Waals surface area contributed by atoms with E-state index in [2.05, 4.69) is 0 Å². The molecule has 1 aliphatic heterocycles. The molecule has 6 nitrogen and oxygen atoms in total. The zero-order chi connectivity index (χ0) is 8.43. The summed E-state index contributed by atoms with van der Waals surface area (Å²) in [6.07, 6.45) is -4.24. The zero-order valence-corrected chi connectivity index (χ0v) is 5.71. The average Bonchev–Trinajstić information content (AvgIpc) is 2.30. The third-order valence-corrected chi connectivity index (χ3v) is 1.67. The van der Waals surface area contributed by atoms with Crippen LogP contribution in [0.2, 0.25) is 0 Å². The Bertz CT molecular complexity index is 114.